The standard InChI is InChI=1S/C24H21Cl3N6O4/c1-13-11-31(7-8-32(13)24(35)36)19-6-5-14(9-18(19)27)29-23-28-10-15-21(30-23)37-12-33(22(15)34)20-16(25)3-2-4-17(20)26/h2-6,9-10,13H,7-8,11-12H2,1H3,(H,35,36)(H,28,29,30)/t13-/m1/s1. The average Bonchev–Trinajstić information content (AvgIpc) is 2.85. The Labute approximate surface area is 227 Å². The van der Waals surface area contributed by atoms with Gasteiger partial charge in [-0.05, 0) is 37.3 Å². The van der Waals surface area contributed by atoms with Crippen molar-refractivity contribution < 1.29 is 19.4 Å². The van der Waals surface area contributed by atoms with Crippen LogP contribution < -0.4 is 19.9 Å². The number of piperazine rings is 1. The van der Waals surface area contributed by atoms with Crippen LogP contribution in [-0.4, -0.2) is 64.4 Å². The van der Waals surface area contributed by atoms with E-state index in [1.165, 1.54) is 16.0 Å². The molecule has 2 amide bonds. The second kappa shape index (κ2) is 10.1. The molecule has 0 bridgehead atoms. The number of nitrogens with zero attached hydrogens (tertiary/aromatic N) is 5. The summed E-state index contributed by atoms with van der Waals surface area (Å²) in [5.41, 5.74) is 1.98. The molecule has 2 aliphatic heterocycles. The zero-order valence-corrected chi connectivity index (χ0v) is 21.8. The normalized spacial score (nSPS) is 17.4. The van der Waals surface area contributed by atoms with Crippen molar-refractivity contribution in [2.45, 2.75) is 13.0 Å². The fourth-order valence-electron chi connectivity index (χ4n) is 4.36. The first-order chi connectivity index (χ1) is 17.7. The van der Waals surface area contributed by atoms with E-state index in [4.69, 9.17) is 39.5 Å². The third kappa shape index (κ3) is 4.92. The van der Waals surface area contributed by atoms with E-state index in [1.54, 1.807) is 24.3 Å². The molecule has 192 valence electrons. The number of amides is 2. The maximum absolute atomic E-state index is 13.1. The molecule has 2 aliphatic rings. The lowest BCUT2D eigenvalue weighted by molar-refractivity contribution is 0.0932. The maximum Gasteiger partial charge on any atom is 0.407 e. The Kier molecular flexibility index (Phi) is 6.89. The highest BCUT2D eigenvalue weighted by atomic mass is 35.5. The first-order valence-electron chi connectivity index (χ1n) is 11.3. The third-order valence-electron chi connectivity index (χ3n) is 6.18. The summed E-state index contributed by atoms with van der Waals surface area (Å²) in [5, 5.41) is 13.5. The van der Waals surface area contributed by atoms with Gasteiger partial charge in [0.05, 0.1) is 26.4 Å². The van der Waals surface area contributed by atoms with Gasteiger partial charge in [0.25, 0.3) is 5.91 Å². The highest BCUT2D eigenvalue weighted by Crippen LogP contribution is 2.37. The number of anilines is 4. The van der Waals surface area contributed by atoms with E-state index in [2.05, 4.69) is 20.2 Å². The van der Waals surface area contributed by atoms with Gasteiger partial charge in [0.2, 0.25) is 11.8 Å². The average molecular weight is 564 g/mol. The summed E-state index contributed by atoms with van der Waals surface area (Å²) in [7, 11) is 0. The quantitative estimate of drug-likeness (QED) is 0.436. The summed E-state index contributed by atoms with van der Waals surface area (Å²) in [4.78, 5) is 37.8. The Morgan fingerprint density at radius 1 is 1.14 bits per heavy atom. The molecule has 1 saturated heterocycles. The van der Waals surface area contributed by atoms with Crippen molar-refractivity contribution in [3.05, 3.63) is 63.2 Å². The van der Waals surface area contributed by atoms with E-state index in [0.29, 0.717) is 46.1 Å². The molecule has 3 aromatic rings. The number of hydrogen-bond donors (Lipinski definition) is 2. The molecule has 37 heavy (non-hydrogen) atoms. The Morgan fingerprint density at radius 3 is 2.57 bits per heavy atom. The van der Waals surface area contributed by atoms with E-state index >= 15 is 0 Å². The Hall–Kier alpha value is -3.47. The van der Waals surface area contributed by atoms with Crippen LogP contribution in [0.5, 0.6) is 5.88 Å². The number of carbonyl (C=O) groups is 2. The fourth-order valence-corrected chi connectivity index (χ4v) is 5.26. The topological polar surface area (TPSA) is 111 Å². The van der Waals surface area contributed by atoms with Gasteiger partial charge in [-0.2, -0.15) is 4.98 Å². The number of carboxylic acid groups (broad SMARTS) is 1. The number of aromatic nitrogens is 2. The number of carbonyl (C=O) groups excluding carboxylic acids is 1. The molecule has 13 heteroatoms. The fraction of sp³-hybridized carbons (Fsp3) is 0.250. The van der Waals surface area contributed by atoms with Gasteiger partial charge in [-0.3, -0.25) is 9.69 Å². The van der Waals surface area contributed by atoms with Crippen LogP contribution in [0.2, 0.25) is 15.1 Å². The number of benzene rings is 2. The lowest BCUT2D eigenvalue weighted by Gasteiger charge is -2.39. The number of para-hydroxylation sites is 1. The first-order valence-corrected chi connectivity index (χ1v) is 12.4. The van der Waals surface area contributed by atoms with Gasteiger partial charge in [-0.25, -0.2) is 9.78 Å². The molecule has 10 nitrogen and oxygen atoms in total. The summed E-state index contributed by atoms with van der Waals surface area (Å²) in [6, 6.07) is 10.2. The van der Waals surface area contributed by atoms with Crippen molar-refractivity contribution in [2.24, 2.45) is 0 Å². The zero-order valence-electron chi connectivity index (χ0n) is 19.5. The minimum Gasteiger partial charge on any atom is -0.465 e. The van der Waals surface area contributed by atoms with E-state index < -0.39 is 6.09 Å². The largest absolute Gasteiger partial charge is 0.465 e. The maximum atomic E-state index is 13.1. The van der Waals surface area contributed by atoms with Crippen LogP contribution in [0.15, 0.2) is 42.6 Å². The minimum absolute atomic E-state index is 0.111. The Morgan fingerprint density at radius 2 is 1.89 bits per heavy atom. The Balaban J connectivity index is 1.30. The molecule has 0 spiro atoms. The molecule has 3 heterocycles. The smallest absolute Gasteiger partial charge is 0.407 e. The van der Waals surface area contributed by atoms with E-state index in [1.807, 2.05) is 19.1 Å². The number of fused-ring (bicyclic) bond motifs is 1. The number of nitrogens with one attached hydrogen (secondary N) is 1. The van der Waals surface area contributed by atoms with Crippen LogP contribution in [0, 0.1) is 0 Å². The van der Waals surface area contributed by atoms with Crippen molar-refractivity contribution in [2.75, 3.05) is 41.5 Å². The monoisotopic (exact) mass is 562 g/mol. The van der Waals surface area contributed by atoms with E-state index in [9.17, 15) is 14.7 Å². The van der Waals surface area contributed by atoms with Crippen LogP contribution in [-0.2, 0) is 0 Å². The molecule has 2 N–H and O–H groups in total. The predicted octanol–water partition coefficient (Wildman–Crippen LogP) is 5.37. The second-order valence-electron chi connectivity index (χ2n) is 8.55. The molecule has 0 unspecified atom stereocenters. The van der Waals surface area contributed by atoms with Crippen molar-refractivity contribution in [1.29, 1.82) is 0 Å². The van der Waals surface area contributed by atoms with Crippen LogP contribution in [0.3, 0.4) is 0 Å². The van der Waals surface area contributed by atoms with E-state index in [0.717, 1.165) is 5.69 Å². The summed E-state index contributed by atoms with van der Waals surface area (Å²) >= 11 is 19.1. The van der Waals surface area contributed by atoms with Crippen LogP contribution in [0.4, 0.5) is 27.8 Å². The number of hydrogen-bond acceptors (Lipinski definition) is 7. The SMILES string of the molecule is C[C@@H]1CN(c2ccc(Nc3ncc4c(n3)OCN(c3c(Cl)cccc3Cl)C4=O)cc2Cl)CCN1C(=O)O. The van der Waals surface area contributed by atoms with Crippen LogP contribution >= 0.6 is 34.8 Å². The van der Waals surface area contributed by atoms with Crippen LogP contribution in [0.25, 0.3) is 0 Å². The van der Waals surface area contributed by atoms with Gasteiger partial charge in [0.15, 0.2) is 6.73 Å². The zero-order chi connectivity index (χ0) is 26.3. The number of ether oxygens (including phenoxy) is 1. The summed E-state index contributed by atoms with van der Waals surface area (Å²) < 4.78 is 5.73. The lowest BCUT2D eigenvalue weighted by atomic mass is 10.1. The lowest BCUT2D eigenvalue weighted by Crippen LogP contribution is -2.53. The molecule has 5 rings (SSSR count). The van der Waals surface area contributed by atoms with Crippen molar-refractivity contribution in [3.8, 4) is 5.88 Å². The second-order valence-corrected chi connectivity index (χ2v) is 9.77. The summed E-state index contributed by atoms with van der Waals surface area (Å²) in [6.07, 6.45) is 0.456. The van der Waals surface area contributed by atoms with Gasteiger partial charge in [0.1, 0.15) is 5.56 Å². The molecule has 0 radical (unpaired) electrons. The van der Waals surface area contributed by atoms with Gasteiger partial charge in [0, 0.05) is 37.6 Å². The van der Waals surface area contributed by atoms with Crippen molar-refractivity contribution >= 4 is 69.8 Å². The molecule has 0 aliphatic carbocycles. The van der Waals surface area contributed by atoms with Gasteiger partial charge < -0.3 is 25.0 Å². The molecule has 1 atom stereocenters. The highest BCUT2D eigenvalue weighted by Gasteiger charge is 2.32. The molecule has 2 aromatic carbocycles. The number of halogens is 3. The highest BCUT2D eigenvalue weighted by molar-refractivity contribution is 6.40. The van der Waals surface area contributed by atoms with Crippen molar-refractivity contribution in [3.63, 3.8) is 0 Å². The molecule has 1 fully saturated rings. The third-order valence-corrected chi connectivity index (χ3v) is 7.10. The predicted molar refractivity (Wildman–Crippen MR) is 142 cm³/mol. The minimum atomic E-state index is -0.922. The molecule has 1 aromatic heterocycles. The van der Waals surface area contributed by atoms with Crippen molar-refractivity contribution in [1.82, 2.24) is 14.9 Å². The first kappa shape index (κ1) is 25.2. The summed E-state index contributed by atoms with van der Waals surface area (Å²) in [5.74, 6) is -0.0226. The van der Waals surface area contributed by atoms with E-state index in [-0.39, 0.29) is 36.1 Å². The molecule has 0 saturated carbocycles. The number of rotatable bonds is 4. The Bertz CT molecular complexity index is 1370. The molecular weight excluding hydrogens is 543 g/mol. The van der Waals surface area contributed by atoms with Gasteiger partial charge in [-0.15, -0.1) is 0 Å². The summed E-state index contributed by atoms with van der Waals surface area (Å²) in [6.45, 7) is 3.23. The van der Waals surface area contributed by atoms with Gasteiger partial charge in [-0.1, -0.05) is 40.9 Å². The van der Waals surface area contributed by atoms with Crippen LogP contribution in [0.1, 0.15) is 17.3 Å². The molecular formula is C24H21Cl3N6O4. The van der Waals surface area contributed by atoms with Gasteiger partial charge >= 0.3 is 6.09 Å².